The van der Waals surface area contributed by atoms with Crippen LogP contribution >= 0.6 is 0 Å². The number of imidazole rings is 1. The Kier molecular flexibility index (Phi) is 3.69. The molecule has 0 aliphatic carbocycles. The van der Waals surface area contributed by atoms with E-state index in [-0.39, 0.29) is 17.9 Å². The molecule has 2 atom stereocenters. The van der Waals surface area contributed by atoms with Gasteiger partial charge in [-0.1, -0.05) is 30.3 Å². The van der Waals surface area contributed by atoms with Crippen LogP contribution in [-0.4, -0.2) is 28.5 Å². The van der Waals surface area contributed by atoms with Crippen LogP contribution < -0.4 is 10.1 Å². The van der Waals surface area contributed by atoms with E-state index in [1.165, 1.54) is 0 Å². The minimum Gasteiger partial charge on any atom is -0.488 e. The number of rotatable bonds is 4. The molecule has 24 heavy (non-hydrogen) atoms. The number of aromatic nitrogens is 2. The number of hydrogen-bond donors (Lipinski definition) is 2. The van der Waals surface area contributed by atoms with Gasteiger partial charge in [0.05, 0.1) is 11.8 Å². The predicted molar refractivity (Wildman–Crippen MR) is 92.7 cm³/mol. The molecule has 1 aliphatic rings. The van der Waals surface area contributed by atoms with Crippen LogP contribution in [0.5, 0.6) is 5.75 Å². The summed E-state index contributed by atoms with van der Waals surface area (Å²) < 4.78 is 6.21. The smallest absolute Gasteiger partial charge is 0.220 e. The zero-order valence-corrected chi connectivity index (χ0v) is 13.5. The van der Waals surface area contributed by atoms with Gasteiger partial charge < -0.3 is 15.0 Å². The molecule has 1 saturated heterocycles. The number of nitrogens with zero attached hydrogens (tertiary/aromatic N) is 1. The molecule has 1 aromatic heterocycles. The lowest BCUT2D eigenvalue weighted by Crippen LogP contribution is -2.25. The normalized spacial score (nSPS) is 18.5. The Morgan fingerprint density at radius 3 is 2.79 bits per heavy atom. The third-order valence-electron chi connectivity index (χ3n) is 4.58. The highest BCUT2D eigenvalue weighted by molar-refractivity contribution is 5.87. The Balaban J connectivity index is 1.69. The second kappa shape index (κ2) is 6.00. The van der Waals surface area contributed by atoms with E-state index < -0.39 is 0 Å². The molecule has 2 heterocycles. The number of carbonyl (C=O) groups excluding carboxylic acids is 1. The molecule has 0 unspecified atom stereocenters. The topological polar surface area (TPSA) is 67.0 Å². The number of ether oxygens (including phenoxy) is 1. The molecule has 2 aromatic carbocycles. The second-order valence-electron chi connectivity index (χ2n) is 6.23. The zero-order chi connectivity index (χ0) is 16.5. The van der Waals surface area contributed by atoms with Crippen molar-refractivity contribution in [3.8, 4) is 16.9 Å². The summed E-state index contributed by atoms with van der Waals surface area (Å²) in [6, 6.07) is 14.3. The van der Waals surface area contributed by atoms with Gasteiger partial charge in [-0.15, -0.1) is 0 Å². The molecule has 0 bridgehead atoms. The van der Waals surface area contributed by atoms with E-state index in [0.717, 1.165) is 27.9 Å². The first-order chi connectivity index (χ1) is 11.7. The summed E-state index contributed by atoms with van der Waals surface area (Å²) in [5, 5.41) is 2.86. The molecule has 0 spiro atoms. The first-order valence-electron chi connectivity index (χ1n) is 8.16. The van der Waals surface area contributed by atoms with Gasteiger partial charge in [0.15, 0.2) is 0 Å². The van der Waals surface area contributed by atoms with Crippen LogP contribution in [0.15, 0.2) is 48.8 Å². The lowest BCUT2D eigenvalue weighted by Gasteiger charge is -2.20. The average molecular weight is 321 g/mol. The number of H-pyrrole nitrogens is 1. The number of aromatic amines is 1. The number of benzene rings is 2. The molecule has 4 rings (SSSR count). The molecule has 2 N–H and O–H groups in total. The summed E-state index contributed by atoms with van der Waals surface area (Å²) in [5.74, 6) is 1.03. The van der Waals surface area contributed by atoms with Crippen LogP contribution in [0.25, 0.3) is 22.2 Å². The summed E-state index contributed by atoms with van der Waals surface area (Å²) in [6.45, 7) is 2.68. The van der Waals surface area contributed by atoms with Gasteiger partial charge >= 0.3 is 0 Å². The van der Waals surface area contributed by atoms with Crippen molar-refractivity contribution in [1.29, 1.82) is 0 Å². The third kappa shape index (κ3) is 2.73. The fourth-order valence-corrected chi connectivity index (χ4v) is 3.16. The first-order valence-corrected chi connectivity index (χ1v) is 8.16. The Morgan fingerprint density at radius 1 is 1.21 bits per heavy atom. The summed E-state index contributed by atoms with van der Waals surface area (Å²) in [6.07, 6.45) is 2.14. The van der Waals surface area contributed by atoms with Crippen LogP contribution in [0.1, 0.15) is 13.3 Å². The summed E-state index contributed by atoms with van der Waals surface area (Å²) >= 11 is 0. The van der Waals surface area contributed by atoms with Crippen LogP contribution in [0, 0.1) is 5.92 Å². The van der Waals surface area contributed by atoms with Crippen LogP contribution in [-0.2, 0) is 4.79 Å². The monoisotopic (exact) mass is 321 g/mol. The van der Waals surface area contributed by atoms with E-state index >= 15 is 0 Å². The summed E-state index contributed by atoms with van der Waals surface area (Å²) in [7, 11) is 0. The number of fused-ring (bicyclic) bond motifs is 1. The predicted octanol–water partition coefficient (Wildman–Crippen LogP) is 3.13. The number of amides is 1. The third-order valence-corrected chi connectivity index (χ3v) is 4.58. The molecule has 1 fully saturated rings. The minimum atomic E-state index is -0.0603. The van der Waals surface area contributed by atoms with Gasteiger partial charge in [-0.05, 0) is 30.2 Å². The number of nitrogens with one attached hydrogen (secondary N) is 2. The van der Waals surface area contributed by atoms with Crippen LogP contribution in [0.2, 0.25) is 0 Å². The Hall–Kier alpha value is -2.82. The zero-order valence-electron chi connectivity index (χ0n) is 13.5. The van der Waals surface area contributed by atoms with Crippen molar-refractivity contribution in [2.75, 3.05) is 6.54 Å². The molecule has 1 amide bonds. The van der Waals surface area contributed by atoms with Crippen molar-refractivity contribution < 1.29 is 9.53 Å². The molecule has 3 aromatic rings. The lowest BCUT2D eigenvalue weighted by molar-refractivity contribution is -0.119. The average Bonchev–Trinajstić information content (AvgIpc) is 3.24. The van der Waals surface area contributed by atoms with Crippen molar-refractivity contribution in [1.82, 2.24) is 15.3 Å². The number of carbonyl (C=O) groups is 1. The van der Waals surface area contributed by atoms with Gasteiger partial charge in [0, 0.05) is 18.9 Å². The fourth-order valence-electron chi connectivity index (χ4n) is 3.16. The van der Waals surface area contributed by atoms with E-state index in [1.54, 1.807) is 6.33 Å². The molecule has 5 nitrogen and oxygen atoms in total. The van der Waals surface area contributed by atoms with Crippen LogP contribution in [0.4, 0.5) is 0 Å². The van der Waals surface area contributed by atoms with Gasteiger partial charge in [0.25, 0.3) is 0 Å². The molecule has 1 aliphatic heterocycles. The maximum Gasteiger partial charge on any atom is 0.220 e. The fraction of sp³-hybridized carbons (Fsp3) is 0.263. The lowest BCUT2D eigenvalue weighted by atomic mass is 10.0. The van der Waals surface area contributed by atoms with Gasteiger partial charge in [0.2, 0.25) is 5.91 Å². The van der Waals surface area contributed by atoms with Gasteiger partial charge in [0.1, 0.15) is 17.4 Å². The highest BCUT2D eigenvalue weighted by atomic mass is 16.5. The van der Waals surface area contributed by atoms with Gasteiger partial charge in [-0.2, -0.15) is 0 Å². The Morgan fingerprint density at radius 2 is 2.04 bits per heavy atom. The van der Waals surface area contributed by atoms with E-state index in [9.17, 15) is 4.79 Å². The van der Waals surface area contributed by atoms with E-state index in [0.29, 0.717) is 13.0 Å². The van der Waals surface area contributed by atoms with E-state index in [2.05, 4.69) is 33.5 Å². The highest BCUT2D eigenvalue weighted by Gasteiger charge is 2.28. The standard InChI is InChI=1S/C19H19N3O2/c1-12(15-9-18(23)20-10-15)24-17-8-14(13-5-3-2-4-6-13)7-16-19(17)22-11-21-16/h2-8,11-12,15H,9-10H2,1H3,(H,20,23)(H,21,22)/t12-,15-/m1/s1. The van der Waals surface area contributed by atoms with Crippen molar-refractivity contribution in [2.24, 2.45) is 5.92 Å². The first kappa shape index (κ1) is 14.8. The second-order valence-corrected chi connectivity index (χ2v) is 6.23. The van der Waals surface area contributed by atoms with Gasteiger partial charge in [-0.25, -0.2) is 4.98 Å². The Labute approximate surface area is 140 Å². The summed E-state index contributed by atoms with van der Waals surface area (Å²) in [4.78, 5) is 19.0. The molecular formula is C19H19N3O2. The Bertz CT molecular complexity index is 873. The quantitative estimate of drug-likeness (QED) is 0.776. The van der Waals surface area contributed by atoms with Crippen molar-refractivity contribution in [3.05, 3.63) is 48.8 Å². The van der Waals surface area contributed by atoms with E-state index in [4.69, 9.17) is 4.74 Å². The molecule has 5 heteroatoms. The van der Waals surface area contributed by atoms with Crippen molar-refractivity contribution in [2.45, 2.75) is 19.4 Å². The van der Waals surface area contributed by atoms with Crippen molar-refractivity contribution >= 4 is 16.9 Å². The molecule has 0 saturated carbocycles. The van der Waals surface area contributed by atoms with Crippen LogP contribution in [0.3, 0.4) is 0 Å². The largest absolute Gasteiger partial charge is 0.488 e. The minimum absolute atomic E-state index is 0.0603. The van der Waals surface area contributed by atoms with Gasteiger partial charge in [-0.3, -0.25) is 4.79 Å². The molecule has 122 valence electrons. The molecule has 0 radical (unpaired) electrons. The van der Waals surface area contributed by atoms with E-state index in [1.807, 2.05) is 31.2 Å². The van der Waals surface area contributed by atoms with Crippen molar-refractivity contribution in [3.63, 3.8) is 0 Å². The number of hydrogen-bond acceptors (Lipinski definition) is 3. The summed E-state index contributed by atoms with van der Waals surface area (Å²) in [5.41, 5.74) is 3.97. The highest BCUT2D eigenvalue weighted by Crippen LogP contribution is 2.32. The SMILES string of the molecule is C[C@@H](Oc1cc(-c2ccccc2)cc2[nH]cnc12)[C@H]1CNC(=O)C1. The maximum absolute atomic E-state index is 11.4. The maximum atomic E-state index is 11.4. The molecular weight excluding hydrogens is 302 g/mol.